The predicted molar refractivity (Wildman–Crippen MR) is 90.6 cm³/mol. The van der Waals surface area contributed by atoms with E-state index in [2.05, 4.69) is 10.3 Å². The van der Waals surface area contributed by atoms with Crippen LogP contribution in [0.2, 0.25) is 0 Å². The molecule has 6 heteroatoms. The van der Waals surface area contributed by atoms with Crippen molar-refractivity contribution in [3.8, 4) is 0 Å². The maximum atomic E-state index is 13.0. The minimum atomic E-state index is -0.349. The van der Waals surface area contributed by atoms with E-state index in [1.807, 2.05) is 34.9 Å². The van der Waals surface area contributed by atoms with Gasteiger partial charge in [0, 0.05) is 5.69 Å². The maximum Gasteiger partial charge on any atom is 0.276 e. The second kappa shape index (κ2) is 6.49. The van der Waals surface area contributed by atoms with Crippen LogP contribution < -0.4 is 5.32 Å². The number of nitrogens with one attached hydrogen (secondary N) is 1. The van der Waals surface area contributed by atoms with Gasteiger partial charge in [-0.15, -0.1) is 0 Å². The minimum absolute atomic E-state index is 0.0593. The van der Waals surface area contributed by atoms with Crippen molar-refractivity contribution in [2.24, 2.45) is 0 Å². The van der Waals surface area contributed by atoms with E-state index in [1.165, 1.54) is 24.3 Å². The molecule has 0 bridgehead atoms. The highest BCUT2D eigenvalue weighted by Crippen LogP contribution is 2.27. The molecular formula is C19H16FN3O2. The molecule has 0 saturated carbocycles. The van der Waals surface area contributed by atoms with Crippen LogP contribution in [-0.2, 0) is 17.9 Å². The molecule has 0 saturated heterocycles. The van der Waals surface area contributed by atoms with Crippen LogP contribution >= 0.6 is 0 Å². The second-order valence-electron chi connectivity index (χ2n) is 5.86. The number of hydrogen-bond donors (Lipinski definition) is 1. The quantitative estimate of drug-likeness (QED) is 0.795. The average molecular weight is 337 g/mol. The summed E-state index contributed by atoms with van der Waals surface area (Å²) in [4.78, 5) is 16.7. The Kier molecular flexibility index (Phi) is 4.03. The highest BCUT2D eigenvalue weighted by molar-refractivity contribution is 6.03. The van der Waals surface area contributed by atoms with E-state index < -0.39 is 0 Å². The Morgan fingerprint density at radius 3 is 2.68 bits per heavy atom. The van der Waals surface area contributed by atoms with Crippen molar-refractivity contribution < 1.29 is 13.9 Å². The first-order valence-corrected chi connectivity index (χ1v) is 7.98. The maximum absolute atomic E-state index is 13.0. The molecule has 4 rings (SSSR count). The van der Waals surface area contributed by atoms with Gasteiger partial charge in [-0.3, -0.25) is 4.79 Å². The van der Waals surface area contributed by atoms with Gasteiger partial charge in [-0.1, -0.05) is 30.3 Å². The summed E-state index contributed by atoms with van der Waals surface area (Å²) in [5, 5.41) is 2.73. The topological polar surface area (TPSA) is 56.2 Å². The number of fused-ring (bicyclic) bond motifs is 1. The molecule has 0 unspecified atom stereocenters. The Balaban J connectivity index is 1.51. The molecule has 1 aliphatic heterocycles. The summed E-state index contributed by atoms with van der Waals surface area (Å²) in [5.41, 5.74) is 2.69. The fourth-order valence-corrected chi connectivity index (χ4v) is 2.91. The fraction of sp³-hybridized carbons (Fsp3) is 0.158. The summed E-state index contributed by atoms with van der Waals surface area (Å²) in [5.74, 6) is -0.681. The van der Waals surface area contributed by atoms with Crippen LogP contribution in [-0.4, -0.2) is 15.5 Å². The lowest BCUT2D eigenvalue weighted by atomic mass is 10.1. The minimum Gasteiger partial charge on any atom is -0.365 e. The number of imidazole rings is 1. The lowest BCUT2D eigenvalue weighted by Crippen LogP contribution is -2.23. The molecule has 1 aromatic heterocycles. The summed E-state index contributed by atoms with van der Waals surface area (Å²) in [6, 6.07) is 15.6. The van der Waals surface area contributed by atoms with Crippen molar-refractivity contribution >= 4 is 11.6 Å². The number of anilines is 1. The Hall–Kier alpha value is -2.99. The van der Waals surface area contributed by atoms with Crippen LogP contribution in [0.15, 0.2) is 60.9 Å². The fourth-order valence-electron chi connectivity index (χ4n) is 2.91. The number of carbonyl (C=O) groups excluding carboxylic acids is 1. The van der Waals surface area contributed by atoms with Crippen molar-refractivity contribution in [3.63, 3.8) is 0 Å². The molecule has 3 aromatic rings. The van der Waals surface area contributed by atoms with Crippen LogP contribution in [0.4, 0.5) is 10.1 Å². The lowest BCUT2D eigenvalue weighted by Gasteiger charge is -2.25. The summed E-state index contributed by atoms with van der Waals surface area (Å²) in [6.07, 6.45) is 1.60. The first-order chi connectivity index (χ1) is 12.2. The first kappa shape index (κ1) is 15.5. The summed E-state index contributed by atoms with van der Waals surface area (Å²) < 4.78 is 20.8. The van der Waals surface area contributed by atoms with Gasteiger partial charge >= 0.3 is 0 Å². The molecule has 1 N–H and O–H groups in total. The van der Waals surface area contributed by atoms with Gasteiger partial charge in [0.15, 0.2) is 5.69 Å². The van der Waals surface area contributed by atoms with Gasteiger partial charge in [-0.25, -0.2) is 9.37 Å². The molecule has 5 nitrogen and oxygen atoms in total. The van der Waals surface area contributed by atoms with E-state index in [9.17, 15) is 9.18 Å². The molecule has 0 spiro atoms. The van der Waals surface area contributed by atoms with Crippen LogP contribution in [0.1, 0.15) is 27.8 Å². The molecule has 25 heavy (non-hydrogen) atoms. The van der Waals surface area contributed by atoms with Gasteiger partial charge in [-0.05, 0) is 29.8 Å². The molecule has 1 amide bonds. The third-order valence-electron chi connectivity index (χ3n) is 4.22. The zero-order chi connectivity index (χ0) is 17.2. The van der Waals surface area contributed by atoms with E-state index in [0.29, 0.717) is 24.5 Å². The summed E-state index contributed by atoms with van der Waals surface area (Å²) in [7, 11) is 0. The Labute approximate surface area is 144 Å². The molecule has 126 valence electrons. The second-order valence-corrected chi connectivity index (χ2v) is 5.86. The number of amides is 1. The lowest BCUT2D eigenvalue weighted by molar-refractivity contribution is 0.00265. The van der Waals surface area contributed by atoms with Crippen molar-refractivity contribution in [3.05, 3.63) is 83.7 Å². The monoisotopic (exact) mass is 337 g/mol. The number of hydrogen-bond acceptors (Lipinski definition) is 3. The molecule has 0 fully saturated rings. The zero-order valence-corrected chi connectivity index (χ0v) is 13.4. The van der Waals surface area contributed by atoms with Crippen molar-refractivity contribution in [1.82, 2.24) is 9.55 Å². The highest BCUT2D eigenvalue weighted by atomic mass is 19.1. The number of aromatic nitrogens is 2. The van der Waals surface area contributed by atoms with Gasteiger partial charge in [0.2, 0.25) is 0 Å². The number of ether oxygens (including phenoxy) is 1. The molecule has 1 aliphatic rings. The van der Waals surface area contributed by atoms with Crippen molar-refractivity contribution in [2.45, 2.75) is 19.3 Å². The molecule has 2 aromatic carbocycles. The van der Waals surface area contributed by atoms with E-state index in [4.69, 9.17) is 4.74 Å². The largest absolute Gasteiger partial charge is 0.365 e. The zero-order valence-electron chi connectivity index (χ0n) is 13.4. The molecular weight excluding hydrogens is 321 g/mol. The van der Waals surface area contributed by atoms with Crippen LogP contribution in [0.3, 0.4) is 0 Å². The number of benzene rings is 2. The summed E-state index contributed by atoms with van der Waals surface area (Å²) in [6.45, 7) is 0.919. The van der Waals surface area contributed by atoms with Gasteiger partial charge in [0.1, 0.15) is 11.9 Å². The predicted octanol–water partition coefficient (Wildman–Crippen LogP) is 3.55. The number of rotatable bonds is 3. The highest BCUT2D eigenvalue weighted by Gasteiger charge is 2.26. The molecule has 0 radical (unpaired) electrons. The van der Waals surface area contributed by atoms with Crippen LogP contribution in [0.5, 0.6) is 0 Å². The van der Waals surface area contributed by atoms with Crippen LogP contribution in [0.25, 0.3) is 0 Å². The van der Waals surface area contributed by atoms with Crippen molar-refractivity contribution in [2.75, 3.05) is 5.32 Å². The van der Waals surface area contributed by atoms with Gasteiger partial charge < -0.3 is 14.6 Å². The number of halogens is 1. The van der Waals surface area contributed by atoms with E-state index in [0.717, 1.165) is 11.3 Å². The first-order valence-electron chi connectivity index (χ1n) is 7.98. The SMILES string of the molecule is O=C(Nc1ccc(F)cc1)c1ncn2c1CO[C@@H](c1ccccc1)C2. The Morgan fingerprint density at radius 1 is 1.16 bits per heavy atom. The van der Waals surface area contributed by atoms with E-state index in [1.54, 1.807) is 6.33 Å². The third-order valence-corrected chi connectivity index (χ3v) is 4.22. The van der Waals surface area contributed by atoms with Gasteiger partial charge in [0.05, 0.1) is 25.2 Å². The normalized spacial score (nSPS) is 16.3. The van der Waals surface area contributed by atoms with Gasteiger partial charge in [-0.2, -0.15) is 0 Å². The standard InChI is InChI=1S/C19H16FN3O2/c20-14-6-8-15(9-7-14)22-19(24)18-16-11-25-17(10-23(16)12-21-18)13-4-2-1-3-5-13/h1-9,12,17H,10-11H2,(H,22,24)/t17-/m1/s1. The smallest absolute Gasteiger partial charge is 0.276 e. The number of nitrogens with zero attached hydrogens (tertiary/aromatic N) is 2. The Bertz CT molecular complexity index is 891. The van der Waals surface area contributed by atoms with Crippen molar-refractivity contribution in [1.29, 1.82) is 0 Å². The third kappa shape index (κ3) is 3.16. The molecule has 1 atom stereocenters. The average Bonchev–Trinajstić information content (AvgIpc) is 3.07. The Morgan fingerprint density at radius 2 is 1.92 bits per heavy atom. The van der Waals surface area contributed by atoms with Crippen LogP contribution in [0, 0.1) is 5.82 Å². The molecule has 0 aliphatic carbocycles. The van der Waals surface area contributed by atoms with E-state index in [-0.39, 0.29) is 17.8 Å². The van der Waals surface area contributed by atoms with Gasteiger partial charge in [0.25, 0.3) is 5.91 Å². The van der Waals surface area contributed by atoms with E-state index >= 15 is 0 Å². The summed E-state index contributed by atoms with van der Waals surface area (Å²) >= 11 is 0. The number of carbonyl (C=O) groups is 1. The molecule has 2 heterocycles.